The van der Waals surface area contributed by atoms with Crippen LogP contribution in [-0.2, 0) is 0 Å². The molecule has 3 heterocycles. The maximum absolute atomic E-state index is 13.2. The summed E-state index contributed by atoms with van der Waals surface area (Å²) in [7, 11) is 0. The molecule has 9 heteroatoms. The van der Waals surface area contributed by atoms with Gasteiger partial charge in [0.1, 0.15) is 11.9 Å². The Kier molecular flexibility index (Phi) is 6.22. The van der Waals surface area contributed by atoms with Crippen molar-refractivity contribution in [3.8, 4) is 5.75 Å². The predicted molar refractivity (Wildman–Crippen MR) is 136 cm³/mol. The van der Waals surface area contributed by atoms with Gasteiger partial charge in [0.25, 0.3) is 0 Å². The van der Waals surface area contributed by atoms with Gasteiger partial charge in [-0.05, 0) is 37.1 Å². The van der Waals surface area contributed by atoms with Gasteiger partial charge >= 0.3 is 0 Å². The summed E-state index contributed by atoms with van der Waals surface area (Å²) in [6, 6.07) is 12.8. The number of hydrogen-bond acceptors (Lipinski definition) is 7. The van der Waals surface area contributed by atoms with Crippen molar-refractivity contribution in [1.29, 1.82) is 0 Å². The van der Waals surface area contributed by atoms with Crippen molar-refractivity contribution in [2.45, 2.75) is 31.9 Å². The number of rotatable bonds is 7. The van der Waals surface area contributed by atoms with E-state index in [0.717, 1.165) is 42.7 Å². The monoisotopic (exact) mass is 477 g/mol. The van der Waals surface area contributed by atoms with Crippen molar-refractivity contribution < 1.29 is 14.9 Å². The second-order valence-electron chi connectivity index (χ2n) is 9.66. The van der Waals surface area contributed by atoms with Gasteiger partial charge in [0, 0.05) is 36.7 Å². The molecule has 0 radical (unpaired) electrons. The van der Waals surface area contributed by atoms with E-state index >= 15 is 0 Å². The van der Waals surface area contributed by atoms with Crippen molar-refractivity contribution >= 4 is 27.6 Å². The van der Waals surface area contributed by atoms with E-state index in [0.29, 0.717) is 22.3 Å². The highest BCUT2D eigenvalue weighted by Crippen LogP contribution is 2.38. The van der Waals surface area contributed by atoms with Crippen LogP contribution in [0.25, 0.3) is 21.9 Å². The average molecular weight is 478 g/mol. The van der Waals surface area contributed by atoms with E-state index in [2.05, 4.69) is 19.9 Å². The third kappa shape index (κ3) is 4.38. The summed E-state index contributed by atoms with van der Waals surface area (Å²) in [6.45, 7) is 2.66. The van der Waals surface area contributed by atoms with Crippen molar-refractivity contribution in [3.63, 3.8) is 0 Å². The maximum atomic E-state index is 13.2. The fraction of sp³-hybridized carbons (Fsp3) is 0.385. The molecule has 5 rings (SSSR count). The lowest BCUT2D eigenvalue weighted by atomic mass is 9.83. The molecule has 1 aliphatic rings. The molecule has 0 aliphatic carbocycles. The van der Waals surface area contributed by atoms with E-state index in [4.69, 9.17) is 10.5 Å². The SMILES string of the molecule is CC(CO)(CO)C(Oc1ccc2nc[nH]c2c1)c1cc(=O)c2cccc(N3CCC(N)CC3)c2[nH]1. The smallest absolute Gasteiger partial charge is 0.189 e. The molecule has 2 aromatic carbocycles. The molecule has 0 amide bonds. The second kappa shape index (κ2) is 9.33. The van der Waals surface area contributed by atoms with Crippen LogP contribution in [0, 0.1) is 5.41 Å². The molecular formula is C26H31N5O4. The summed E-state index contributed by atoms with van der Waals surface area (Å²) < 4.78 is 6.36. The van der Waals surface area contributed by atoms with Crippen LogP contribution >= 0.6 is 0 Å². The van der Waals surface area contributed by atoms with Gasteiger partial charge in [-0.3, -0.25) is 4.79 Å². The zero-order chi connectivity index (χ0) is 24.6. The minimum atomic E-state index is -1.06. The molecule has 0 saturated carbocycles. The molecule has 1 atom stereocenters. The fourth-order valence-corrected chi connectivity index (χ4v) is 4.74. The molecule has 1 fully saturated rings. The van der Waals surface area contributed by atoms with Crippen molar-refractivity contribution in [3.05, 3.63) is 64.7 Å². The number of piperidine rings is 1. The first-order chi connectivity index (χ1) is 16.9. The largest absolute Gasteiger partial charge is 0.483 e. The highest BCUT2D eigenvalue weighted by atomic mass is 16.5. The number of nitrogens with two attached hydrogens (primary N) is 1. The van der Waals surface area contributed by atoms with Gasteiger partial charge in [0.15, 0.2) is 5.43 Å². The molecule has 4 aromatic rings. The van der Waals surface area contributed by atoms with Crippen LogP contribution < -0.4 is 20.8 Å². The topological polar surface area (TPSA) is 140 Å². The third-order valence-electron chi connectivity index (χ3n) is 7.03. The quantitative estimate of drug-likeness (QED) is 0.275. The number of anilines is 1. The fourth-order valence-electron chi connectivity index (χ4n) is 4.74. The molecule has 0 bridgehead atoms. The van der Waals surface area contributed by atoms with Crippen LogP contribution in [0.5, 0.6) is 5.75 Å². The molecule has 1 unspecified atom stereocenters. The number of pyridine rings is 1. The van der Waals surface area contributed by atoms with Gasteiger partial charge in [-0.15, -0.1) is 0 Å². The molecule has 2 aromatic heterocycles. The summed E-state index contributed by atoms with van der Waals surface area (Å²) in [4.78, 5) is 26.2. The van der Waals surface area contributed by atoms with Crippen molar-refractivity contribution in [2.24, 2.45) is 11.1 Å². The van der Waals surface area contributed by atoms with Crippen molar-refractivity contribution in [1.82, 2.24) is 15.0 Å². The van der Waals surface area contributed by atoms with E-state index in [1.807, 2.05) is 24.3 Å². The lowest BCUT2D eigenvalue weighted by Gasteiger charge is -2.35. The lowest BCUT2D eigenvalue weighted by Crippen LogP contribution is -2.40. The van der Waals surface area contributed by atoms with Gasteiger partial charge < -0.3 is 35.6 Å². The van der Waals surface area contributed by atoms with Gasteiger partial charge in [-0.1, -0.05) is 13.0 Å². The van der Waals surface area contributed by atoms with Gasteiger partial charge in [0.2, 0.25) is 0 Å². The number of nitrogens with zero attached hydrogens (tertiary/aromatic N) is 2. The number of aliphatic hydroxyl groups excluding tert-OH is 2. The Morgan fingerprint density at radius 2 is 1.97 bits per heavy atom. The molecule has 6 N–H and O–H groups in total. The molecular weight excluding hydrogens is 446 g/mol. The zero-order valence-electron chi connectivity index (χ0n) is 19.7. The first kappa shape index (κ1) is 23.3. The first-order valence-corrected chi connectivity index (χ1v) is 11.9. The second-order valence-corrected chi connectivity index (χ2v) is 9.66. The average Bonchev–Trinajstić information content (AvgIpc) is 3.35. The van der Waals surface area contributed by atoms with Crippen LogP contribution in [0.1, 0.15) is 31.6 Å². The molecule has 9 nitrogen and oxygen atoms in total. The minimum Gasteiger partial charge on any atom is -0.483 e. The van der Waals surface area contributed by atoms with E-state index in [1.165, 1.54) is 6.07 Å². The van der Waals surface area contributed by atoms with Crippen LogP contribution in [0.2, 0.25) is 0 Å². The van der Waals surface area contributed by atoms with Crippen molar-refractivity contribution in [2.75, 3.05) is 31.2 Å². The Bertz CT molecular complexity index is 1390. The normalized spacial score (nSPS) is 16.2. The van der Waals surface area contributed by atoms with E-state index < -0.39 is 11.5 Å². The van der Waals surface area contributed by atoms with E-state index in [9.17, 15) is 15.0 Å². The van der Waals surface area contributed by atoms with Gasteiger partial charge in [0.05, 0.1) is 52.9 Å². The summed E-state index contributed by atoms with van der Waals surface area (Å²) in [6.07, 6.45) is 2.55. The molecule has 35 heavy (non-hydrogen) atoms. The highest BCUT2D eigenvalue weighted by Gasteiger charge is 2.38. The molecule has 184 valence electrons. The lowest BCUT2D eigenvalue weighted by molar-refractivity contribution is -0.0307. The van der Waals surface area contributed by atoms with Crippen LogP contribution in [0.3, 0.4) is 0 Å². The van der Waals surface area contributed by atoms with Gasteiger partial charge in [-0.25, -0.2) is 4.98 Å². The van der Waals surface area contributed by atoms with Crippen LogP contribution in [0.15, 0.2) is 53.6 Å². The number of imidazole rings is 1. The van der Waals surface area contributed by atoms with Gasteiger partial charge in [-0.2, -0.15) is 0 Å². The third-order valence-corrected chi connectivity index (χ3v) is 7.03. The Hall–Kier alpha value is -3.40. The number of ether oxygens (including phenoxy) is 1. The number of benzene rings is 2. The number of aliphatic hydroxyl groups is 2. The predicted octanol–water partition coefficient (Wildman–Crippen LogP) is 2.44. The molecule has 1 saturated heterocycles. The summed E-state index contributed by atoms with van der Waals surface area (Å²) in [5, 5.41) is 21.0. The highest BCUT2D eigenvalue weighted by molar-refractivity contribution is 5.91. The molecule has 0 spiro atoms. The number of fused-ring (bicyclic) bond motifs is 2. The first-order valence-electron chi connectivity index (χ1n) is 11.9. The zero-order valence-corrected chi connectivity index (χ0v) is 19.7. The van der Waals surface area contributed by atoms with E-state index in [1.54, 1.807) is 25.4 Å². The summed E-state index contributed by atoms with van der Waals surface area (Å²) in [5.41, 5.74) is 8.61. The number of hydrogen-bond donors (Lipinski definition) is 5. The standard InChI is InChI=1S/C26H31N5O4/c1-26(13-32,14-33)25(35-17-5-6-19-20(11-17)29-15-28-19)21-12-23(34)18-3-2-4-22(24(18)30-21)31-9-7-16(27)8-10-31/h2-6,11-12,15-16,25,32-33H,7-10,13-14,27H2,1H3,(H,28,29)(H,30,34). The summed E-state index contributed by atoms with van der Waals surface area (Å²) >= 11 is 0. The number of aromatic nitrogens is 3. The van der Waals surface area contributed by atoms with Crippen LogP contribution in [-0.4, -0.2) is 57.5 Å². The Morgan fingerprint density at radius 3 is 2.71 bits per heavy atom. The number of H-pyrrole nitrogens is 2. The van der Waals surface area contributed by atoms with Crippen LogP contribution in [0.4, 0.5) is 5.69 Å². The molecule has 1 aliphatic heterocycles. The number of para-hydroxylation sites is 1. The Balaban J connectivity index is 1.61. The summed E-state index contributed by atoms with van der Waals surface area (Å²) in [5.74, 6) is 0.527. The Labute approximate surface area is 202 Å². The number of nitrogens with one attached hydrogen (secondary N) is 2. The minimum absolute atomic E-state index is 0.153. The van der Waals surface area contributed by atoms with E-state index in [-0.39, 0.29) is 24.7 Å². The maximum Gasteiger partial charge on any atom is 0.189 e. The number of aromatic amines is 2. The Morgan fingerprint density at radius 1 is 1.20 bits per heavy atom.